The number of benzene rings is 1. The Bertz CT molecular complexity index is 837. The standard InChI is InChI=1S/C23H31NO7/c1-8-30-22(25)16-12-24(14(3)4)13-17(23(26)31-9-2)21(16)15-10-19(28-6)20(29-7)11-18(15)27-5/h10-14,21H,8-9H2,1-7H3. The Morgan fingerprint density at radius 2 is 1.29 bits per heavy atom. The molecule has 1 aliphatic heterocycles. The van der Waals surface area contributed by atoms with E-state index in [0.29, 0.717) is 34.0 Å². The van der Waals surface area contributed by atoms with Gasteiger partial charge in [0, 0.05) is 30.1 Å². The molecule has 8 nitrogen and oxygen atoms in total. The van der Waals surface area contributed by atoms with Crippen molar-refractivity contribution < 1.29 is 33.3 Å². The summed E-state index contributed by atoms with van der Waals surface area (Å²) in [6, 6.07) is 3.37. The number of methoxy groups -OCH3 is 3. The molecular formula is C23H31NO7. The summed E-state index contributed by atoms with van der Waals surface area (Å²) in [6.07, 6.45) is 3.40. The summed E-state index contributed by atoms with van der Waals surface area (Å²) in [6.45, 7) is 7.77. The summed E-state index contributed by atoms with van der Waals surface area (Å²) in [7, 11) is 4.54. The molecule has 0 bridgehead atoms. The van der Waals surface area contributed by atoms with E-state index in [0.717, 1.165) is 0 Å². The number of nitrogens with zero attached hydrogens (tertiary/aromatic N) is 1. The zero-order valence-corrected chi connectivity index (χ0v) is 19.2. The van der Waals surface area contributed by atoms with E-state index in [9.17, 15) is 9.59 Å². The predicted octanol–water partition coefficient (Wildman–Crippen LogP) is 3.41. The van der Waals surface area contributed by atoms with Gasteiger partial charge in [-0.05, 0) is 33.8 Å². The lowest BCUT2D eigenvalue weighted by atomic mass is 9.82. The van der Waals surface area contributed by atoms with Crippen molar-refractivity contribution >= 4 is 11.9 Å². The van der Waals surface area contributed by atoms with Crippen molar-refractivity contribution in [1.29, 1.82) is 0 Å². The number of hydrogen-bond acceptors (Lipinski definition) is 8. The Kier molecular flexibility index (Phi) is 8.36. The highest BCUT2D eigenvalue weighted by atomic mass is 16.5. The van der Waals surface area contributed by atoms with Crippen molar-refractivity contribution in [2.45, 2.75) is 39.7 Å². The Labute approximate surface area is 183 Å². The highest BCUT2D eigenvalue weighted by molar-refractivity contribution is 5.99. The fraction of sp³-hybridized carbons (Fsp3) is 0.478. The van der Waals surface area contributed by atoms with Crippen LogP contribution in [0.1, 0.15) is 39.2 Å². The molecule has 0 aromatic heterocycles. The Morgan fingerprint density at radius 1 is 0.839 bits per heavy atom. The fourth-order valence-electron chi connectivity index (χ4n) is 3.36. The van der Waals surface area contributed by atoms with Gasteiger partial charge in [-0.15, -0.1) is 0 Å². The molecule has 31 heavy (non-hydrogen) atoms. The van der Waals surface area contributed by atoms with Crippen LogP contribution in [-0.2, 0) is 19.1 Å². The highest BCUT2D eigenvalue weighted by Crippen LogP contribution is 2.45. The molecule has 0 spiro atoms. The normalized spacial score (nSPS) is 14.0. The molecule has 1 aliphatic rings. The second kappa shape index (κ2) is 10.7. The van der Waals surface area contributed by atoms with Gasteiger partial charge in [0.2, 0.25) is 0 Å². The third kappa shape index (κ3) is 5.13. The average Bonchev–Trinajstić information content (AvgIpc) is 2.77. The number of esters is 2. The third-order valence-electron chi connectivity index (χ3n) is 4.86. The molecule has 1 heterocycles. The smallest absolute Gasteiger partial charge is 0.336 e. The second-order valence-electron chi connectivity index (χ2n) is 7.03. The SMILES string of the molecule is CCOC(=O)C1=CN(C(C)C)C=C(C(=O)OCC)C1c1cc(OC)c(OC)cc1OC. The number of rotatable bonds is 9. The van der Waals surface area contributed by atoms with Crippen molar-refractivity contribution in [1.82, 2.24) is 4.90 Å². The van der Waals surface area contributed by atoms with Crippen LogP contribution in [-0.4, -0.2) is 57.4 Å². The minimum Gasteiger partial charge on any atom is -0.496 e. The molecule has 170 valence electrons. The number of carbonyl (C=O) groups excluding carboxylic acids is 2. The molecule has 2 rings (SSSR count). The van der Waals surface area contributed by atoms with Crippen molar-refractivity contribution in [3.8, 4) is 17.2 Å². The van der Waals surface area contributed by atoms with Crippen LogP contribution in [0.3, 0.4) is 0 Å². The molecule has 0 saturated carbocycles. The van der Waals surface area contributed by atoms with Crippen LogP contribution in [0.25, 0.3) is 0 Å². The Morgan fingerprint density at radius 3 is 1.68 bits per heavy atom. The summed E-state index contributed by atoms with van der Waals surface area (Å²) < 4.78 is 27.0. The minimum absolute atomic E-state index is 0.00195. The van der Waals surface area contributed by atoms with Crippen LogP contribution in [0, 0.1) is 0 Å². The first-order valence-electron chi connectivity index (χ1n) is 10.2. The van der Waals surface area contributed by atoms with E-state index in [1.54, 1.807) is 43.3 Å². The lowest BCUT2D eigenvalue weighted by molar-refractivity contribution is -0.139. The van der Waals surface area contributed by atoms with Gasteiger partial charge in [0.15, 0.2) is 11.5 Å². The molecule has 0 unspecified atom stereocenters. The van der Waals surface area contributed by atoms with Gasteiger partial charge in [-0.3, -0.25) is 0 Å². The van der Waals surface area contributed by atoms with Gasteiger partial charge in [0.25, 0.3) is 0 Å². The van der Waals surface area contributed by atoms with Crippen molar-refractivity contribution in [3.05, 3.63) is 41.2 Å². The minimum atomic E-state index is -0.775. The van der Waals surface area contributed by atoms with Crippen LogP contribution in [0.5, 0.6) is 17.2 Å². The summed E-state index contributed by atoms with van der Waals surface area (Å²) in [5.41, 5.74) is 1.15. The molecular weight excluding hydrogens is 402 g/mol. The Balaban J connectivity index is 2.78. The van der Waals surface area contributed by atoms with Crippen molar-refractivity contribution in [3.63, 3.8) is 0 Å². The first-order valence-corrected chi connectivity index (χ1v) is 10.2. The van der Waals surface area contributed by atoms with Crippen LogP contribution in [0.4, 0.5) is 0 Å². The van der Waals surface area contributed by atoms with E-state index in [4.69, 9.17) is 23.7 Å². The van der Waals surface area contributed by atoms with Gasteiger partial charge < -0.3 is 28.6 Å². The van der Waals surface area contributed by atoms with E-state index >= 15 is 0 Å². The summed E-state index contributed by atoms with van der Waals surface area (Å²) in [5.74, 6) is -0.481. The van der Waals surface area contributed by atoms with E-state index in [-0.39, 0.29) is 19.3 Å². The van der Waals surface area contributed by atoms with E-state index < -0.39 is 17.9 Å². The second-order valence-corrected chi connectivity index (χ2v) is 7.03. The number of ether oxygens (including phenoxy) is 5. The number of hydrogen-bond donors (Lipinski definition) is 0. The lowest BCUT2D eigenvalue weighted by Crippen LogP contribution is -2.32. The molecule has 0 saturated heterocycles. The van der Waals surface area contributed by atoms with Crippen molar-refractivity contribution in [2.24, 2.45) is 0 Å². The lowest BCUT2D eigenvalue weighted by Gasteiger charge is -2.33. The zero-order valence-electron chi connectivity index (χ0n) is 19.2. The van der Waals surface area contributed by atoms with Gasteiger partial charge in [-0.1, -0.05) is 0 Å². The van der Waals surface area contributed by atoms with Gasteiger partial charge >= 0.3 is 11.9 Å². The maximum atomic E-state index is 13.0. The van der Waals surface area contributed by atoms with E-state index in [1.807, 2.05) is 13.8 Å². The molecule has 0 atom stereocenters. The summed E-state index contributed by atoms with van der Waals surface area (Å²) >= 11 is 0. The molecule has 0 amide bonds. The zero-order chi connectivity index (χ0) is 23.1. The highest BCUT2D eigenvalue weighted by Gasteiger charge is 2.38. The maximum absolute atomic E-state index is 13.0. The van der Waals surface area contributed by atoms with E-state index in [1.165, 1.54) is 21.3 Å². The van der Waals surface area contributed by atoms with Crippen LogP contribution >= 0.6 is 0 Å². The van der Waals surface area contributed by atoms with Gasteiger partial charge in [0.1, 0.15) is 5.75 Å². The molecule has 8 heteroatoms. The van der Waals surface area contributed by atoms with Gasteiger partial charge in [-0.2, -0.15) is 0 Å². The quantitative estimate of drug-likeness (QED) is 0.548. The maximum Gasteiger partial charge on any atom is 0.336 e. The number of carbonyl (C=O) groups is 2. The van der Waals surface area contributed by atoms with Gasteiger partial charge in [0.05, 0.1) is 51.6 Å². The van der Waals surface area contributed by atoms with E-state index in [2.05, 4.69) is 0 Å². The molecule has 1 aromatic carbocycles. The topological polar surface area (TPSA) is 83.5 Å². The first-order chi connectivity index (χ1) is 14.8. The first kappa shape index (κ1) is 24.1. The predicted molar refractivity (Wildman–Crippen MR) is 115 cm³/mol. The summed E-state index contributed by atoms with van der Waals surface area (Å²) in [4.78, 5) is 27.7. The van der Waals surface area contributed by atoms with Crippen LogP contribution in [0.2, 0.25) is 0 Å². The van der Waals surface area contributed by atoms with Gasteiger partial charge in [-0.25, -0.2) is 9.59 Å². The average molecular weight is 434 g/mol. The largest absolute Gasteiger partial charge is 0.496 e. The molecule has 0 fully saturated rings. The molecule has 1 aromatic rings. The van der Waals surface area contributed by atoms with Crippen molar-refractivity contribution in [2.75, 3.05) is 34.5 Å². The molecule has 0 radical (unpaired) electrons. The molecule has 0 aliphatic carbocycles. The summed E-state index contributed by atoms with van der Waals surface area (Å²) in [5, 5.41) is 0. The van der Waals surface area contributed by atoms with Crippen LogP contribution < -0.4 is 14.2 Å². The Hall–Kier alpha value is -3.16. The monoisotopic (exact) mass is 433 g/mol. The fourth-order valence-corrected chi connectivity index (χ4v) is 3.36. The van der Waals surface area contributed by atoms with Crippen LogP contribution in [0.15, 0.2) is 35.7 Å². The molecule has 0 N–H and O–H groups in total. The third-order valence-corrected chi connectivity index (χ3v) is 4.86.